The summed E-state index contributed by atoms with van der Waals surface area (Å²) in [7, 11) is 0. The Bertz CT molecular complexity index is 3020. The summed E-state index contributed by atoms with van der Waals surface area (Å²) in [5.41, 5.74) is 13.1. The fourth-order valence-electron chi connectivity index (χ4n) is 9.21. The van der Waals surface area contributed by atoms with Gasteiger partial charge >= 0.3 is 0 Å². The van der Waals surface area contributed by atoms with Crippen molar-refractivity contribution in [2.75, 3.05) is 0 Å². The van der Waals surface area contributed by atoms with E-state index in [1.54, 1.807) is 0 Å². The first-order chi connectivity index (χ1) is 26.3. The van der Waals surface area contributed by atoms with Crippen LogP contribution in [0.15, 0.2) is 169 Å². The summed E-state index contributed by atoms with van der Waals surface area (Å²) in [4.78, 5) is 20.9. The minimum Gasteiger partial charge on any atom is -0.464 e. The van der Waals surface area contributed by atoms with Crippen LogP contribution in [0.5, 0.6) is 0 Å². The Morgan fingerprint density at radius 1 is 0.528 bits per heavy atom. The lowest BCUT2D eigenvalue weighted by Crippen LogP contribution is -2.27. The number of rotatable bonds is 3. The maximum Gasteiger partial charge on any atom is 0.238 e. The molecule has 0 bridgehead atoms. The van der Waals surface area contributed by atoms with E-state index in [2.05, 4.69) is 120 Å². The predicted molar refractivity (Wildman–Crippen MR) is 209 cm³/mol. The van der Waals surface area contributed by atoms with Crippen LogP contribution in [0, 0.1) is 0 Å². The van der Waals surface area contributed by atoms with E-state index in [0.717, 1.165) is 66.3 Å². The Labute approximate surface area is 303 Å². The average molecular weight is 678 g/mol. The topological polar surface area (TPSA) is 69.6 Å². The van der Waals surface area contributed by atoms with Crippen LogP contribution in [0.3, 0.4) is 0 Å². The minimum absolute atomic E-state index is 0.549. The smallest absolute Gasteiger partial charge is 0.238 e. The van der Waals surface area contributed by atoms with Crippen molar-refractivity contribution in [2.45, 2.75) is 5.41 Å². The molecule has 246 valence electrons. The molecule has 6 nitrogen and oxygen atoms in total. The van der Waals surface area contributed by atoms with Gasteiger partial charge in [0.1, 0.15) is 5.58 Å². The number of pyridine rings is 1. The zero-order valence-electron chi connectivity index (χ0n) is 28.2. The number of hydrogen-bond donors (Lipinski definition) is 0. The van der Waals surface area contributed by atoms with Gasteiger partial charge < -0.3 is 4.42 Å². The van der Waals surface area contributed by atoms with Crippen LogP contribution in [-0.4, -0.2) is 24.5 Å². The van der Waals surface area contributed by atoms with Gasteiger partial charge in [0.25, 0.3) is 0 Å². The van der Waals surface area contributed by atoms with Gasteiger partial charge in [0.15, 0.2) is 11.6 Å². The standard InChI is InChI=1S/C47H27N5O/c1-3-14-28(15-4-1)44-49-45(29-16-5-2-6-17-29)51-46(50-44)52-37-24-12-9-20-32(37)38-33-25-27-53-43(33)39-40(42(38)52)47(36-23-13-26-48-41(36)39)34-21-10-7-18-30(34)31-19-8-11-22-35(31)47/h1-27H. The molecule has 0 saturated carbocycles. The number of aromatic nitrogens is 5. The number of furan rings is 1. The summed E-state index contributed by atoms with van der Waals surface area (Å²) < 4.78 is 8.80. The number of para-hydroxylation sites is 1. The van der Waals surface area contributed by atoms with Crippen LogP contribution in [0.25, 0.3) is 83.9 Å². The lowest BCUT2D eigenvalue weighted by atomic mass is 9.70. The molecular formula is C47H27N5O. The van der Waals surface area contributed by atoms with Gasteiger partial charge in [-0.25, -0.2) is 4.98 Å². The van der Waals surface area contributed by atoms with E-state index in [9.17, 15) is 0 Å². The highest BCUT2D eigenvalue weighted by atomic mass is 16.3. The average Bonchev–Trinajstić information content (AvgIpc) is 3.99. The first-order valence-corrected chi connectivity index (χ1v) is 17.8. The van der Waals surface area contributed by atoms with Gasteiger partial charge in [0.2, 0.25) is 5.95 Å². The lowest BCUT2D eigenvalue weighted by Gasteiger charge is -2.31. The monoisotopic (exact) mass is 677 g/mol. The maximum absolute atomic E-state index is 6.53. The third-order valence-corrected chi connectivity index (χ3v) is 11.2. The second-order valence-electron chi connectivity index (χ2n) is 13.7. The van der Waals surface area contributed by atoms with Crippen molar-refractivity contribution in [2.24, 2.45) is 0 Å². The summed E-state index contributed by atoms with van der Waals surface area (Å²) in [5, 5.41) is 3.22. The van der Waals surface area contributed by atoms with E-state index in [4.69, 9.17) is 24.4 Å². The van der Waals surface area contributed by atoms with Crippen LogP contribution in [0.2, 0.25) is 0 Å². The van der Waals surface area contributed by atoms with Crippen LogP contribution < -0.4 is 0 Å². The predicted octanol–water partition coefficient (Wildman–Crippen LogP) is 10.8. The van der Waals surface area contributed by atoms with Gasteiger partial charge in [0.05, 0.1) is 34.0 Å². The molecule has 0 aliphatic heterocycles. The van der Waals surface area contributed by atoms with Crippen LogP contribution in [-0.2, 0) is 5.41 Å². The third kappa shape index (κ3) is 3.61. The summed E-state index contributed by atoms with van der Waals surface area (Å²) in [5.74, 6) is 1.77. The molecule has 0 radical (unpaired) electrons. The highest BCUT2D eigenvalue weighted by Crippen LogP contribution is 2.65. The van der Waals surface area contributed by atoms with Crippen molar-refractivity contribution >= 4 is 32.8 Å². The quantitative estimate of drug-likeness (QED) is 0.186. The van der Waals surface area contributed by atoms with Crippen molar-refractivity contribution < 1.29 is 4.42 Å². The third-order valence-electron chi connectivity index (χ3n) is 11.2. The van der Waals surface area contributed by atoms with Gasteiger partial charge in [-0.05, 0) is 46.0 Å². The van der Waals surface area contributed by atoms with Gasteiger partial charge in [0, 0.05) is 39.0 Å². The summed E-state index contributed by atoms with van der Waals surface area (Å²) >= 11 is 0. The van der Waals surface area contributed by atoms with Crippen molar-refractivity contribution in [1.29, 1.82) is 0 Å². The molecule has 0 saturated heterocycles. The Morgan fingerprint density at radius 3 is 1.83 bits per heavy atom. The van der Waals surface area contributed by atoms with Gasteiger partial charge in [-0.2, -0.15) is 9.97 Å². The summed E-state index contributed by atoms with van der Waals surface area (Å²) in [6, 6.07) is 53.0. The van der Waals surface area contributed by atoms with Gasteiger partial charge in [-0.3, -0.25) is 9.55 Å². The van der Waals surface area contributed by atoms with E-state index < -0.39 is 5.41 Å². The molecule has 2 aliphatic rings. The van der Waals surface area contributed by atoms with Crippen molar-refractivity contribution in [3.63, 3.8) is 0 Å². The molecule has 0 atom stereocenters. The zero-order chi connectivity index (χ0) is 34.7. The second-order valence-corrected chi connectivity index (χ2v) is 13.7. The summed E-state index contributed by atoms with van der Waals surface area (Å²) in [6.45, 7) is 0. The number of hydrogen-bond acceptors (Lipinski definition) is 5. The number of nitrogens with zero attached hydrogens (tertiary/aromatic N) is 5. The molecule has 0 unspecified atom stereocenters. The lowest BCUT2D eigenvalue weighted by molar-refractivity contribution is 0.616. The van der Waals surface area contributed by atoms with Crippen LogP contribution in [0.4, 0.5) is 0 Å². The fourth-order valence-corrected chi connectivity index (χ4v) is 9.21. The molecule has 6 heteroatoms. The Morgan fingerprint density at radius 2 is 1.13 bits per heavy atom. The Kier molecular flexibility index (Phi) is 5.61. The molecule has 53 heavy (non-hydrogen) atoms. The molecule has 0 amide bonds. The molecule has 0 N–H and O–H groups in total. The first-order valence-electron chi connectivity index (χ1n) is 17.8. The normalized spacial score (nSPS) is 13.4. The SMILES string of the molecule is c1ccc(-c2nc(-c3ccccc3)nc(-n3c4ccccc4c4c5ccoc5c5c(c43)C3(c4ccccc4-c4ccccc43)c3cccnc3-5)n2)cc1. The Balaban J connectivity index is 1.33. The molecule has 12 rings (SSSR count). The molecule has 0 fully saturated rings. The molecule has 2 aliphatic carbocycles. The minimum atomic E-state index is -0.685. The van der Waals surface area contributed by atoms with E-state index >= 15 is 0 Å². The second kappa shape index (κ2) is 10.4. The largest absolute Gasteiger partial charge is 0.464 e. The Hall–Kier alpha value is -7.18. The summed E-state index contributed by atoms with van der Waals surface area (Å²) in [6.07, 6.45) is 3.71. The van der Waals surface area contributed by atoms with E-state index in [1.165, 1.54) is 22.3 Å². The molecular weight excluding hydrogens is 651 g/mol. The highest BCUT2D eigenvalue weighted by molar-refractivity contribution is 6.26. The van der Waals surface area contributed by atoms with Crippen molar-refractivity contribution in [3.05, 3.63) is 186 Å². The van der Waals surface area contributed by atoms with E-state index in [-0.39, 0.29) is 0 Å². The zero-order valence-corrected chi connectivity index (χ0v) is 28.2. The first kappa shape index (κ1) is 28.5. The number of fused-ring (bicyclic) bond motifs is 17. The van der Waals surface area contributed by atoms with Crippen LogP contribution >= 0.6 is 0 Å². The van der Waals surface area contributed by atoms with E-state index in [0.29, 0.717) is 17.6 Å². The van der Waals surface area contributed by atoms with Crippen molar-refractivity contribution in [3.8, 4) is 51.1 Å². The van der Waals surface area contributed by atoms with E-state index in [1.807, 2.05) is 48.9 Å². The number of benzene rings is 6. The molecule has 1 spiro atoms. The van der Waals surface area contributed by atoms with Gasteiger partial charge in [-0.15, -0.1) is 0 Å². The highest BCUT2D eigenvalue weighted by Gasteiger charge is 2.55. The van der Waals surface area contributed by atoms with Gasteiger partial charge in [-0.1, -0.05) is 133 Å². The molecule has 4 heterocycles. The van der Waals surface area contributed by atoms with Crippen molar-refractivity contribution in [1.82, 2.24) is 24.5 Å². The molecule has 10 aromatic rings. The van der Waals surface area contributed by atoms with Crippen LogP contribution in [0.1, 0.15) is 22.3 Å². The fraction of sp³-hybridized carbons (Fsp3) is 0.0213. The maximum atomic E-state index is 6.53. The molecule has 4 aromatic heterocycles. The molecule has 6 aromatic carbocycles.